The molecular formula is C17H17N5S. The predicted molar refractivity (Wildman–Crippen MR) is 93.9 cm³/mol. The lowest BCUT2D eigenvalue weighted by molar-refractivity contribution is 0.599. The zero-order chi connectivity index (χ0) is 15.4. The van der Waals surface area contributed by atoms with E-state index in [1.54, 1.807) is 0 Å². The van der Waals surface area contributed by atoms with Crippen LogP contribution in [-0.4, -0.2) is 28.0 Å². The van der Waals surface area contributed by atoms with Gasteiger partial charge < -0.3 is 10.6 Å². The van der Waals surface area contributed by atoms with E-state index in [4.69, 9.17) is 15.7 Å². The molecule has 116 valence electrons. The van der Waals surface area contributed by atoms with Crippen LogP contribution in [0.1, 0.15) is 24.1 Å². The Morgan fingerprint density at radius 3 is 2.78 bits per heavy atom. The molecule has 0 bridgehead atoms. The Balaban J connectivity index is 1.69. The molecule has 2 aliphatic rings. The minimum atomic E-state index is 0.617. The van der Waals surface area contributed by atoms with E-state index >= 15 is 0 Å². The zero-order valence-corrected chi connectivity index (χ0v) is 13.6. The summed E-state index contributed by atoms with van der Waals surface area (Å²) >= 11 is 1.53. The summed E-state index contributed by atoms with van der Waals surface area (Å²) < 4.78 is 1.12. The van der Waals surface area contributed by atoms with Crippen LogP contribution < -0.4 is 10.6 Å². The van der Waals surface area contributed by atoms with Crippen molar-refractivity contribution in [2.45, 2.75) is 25.7 Å². The van der Waals surface area contributed by atoms with Crippen molar-refractivity contribution >= 4 is 32.6 Å². The molecule has 0 saturated carbocycles. The van der Waals surface area contributed by atoms with E-state index in [-0.39, 0.29) is 0 Å². The summed E-state index contributed by atoms with van der Waals surface area (Å²) in [5, 5.41) is 0.617. The Labute approximate surface area is 138 Å². The Kier molecular flexibility index (Phi) is 2.82. The third kappa shape index (κ3) is 2.09. The van der Waals surface area contributed by atoms with Gasteiger partial charge in [0.1, 0.15) is 0 Å². The van der Waals surface area contributed by atoms with Gasteiger partial charge in [0.05, 0.1) is 15.9 Å². The number of thiazole rings is 1. The molecule has 0 amide bonds. The van der Waals surface area contributed by atoms with Gasteiger partial charge in [-0.2, -0.15) is 0 Å². The second-order valence-electron chi connectivity index (χ2n) is 6.23. The van der Waals surface area contributed by atoms with E-state index in [9.17, 15) is 0 Å². The molecule has 1 aromatic carbocycles. The second-order valence-corrected chi connectivity index (χ2v) is 7.29. The monoisotopic (exact) mass is 323 g/mol. The standard InChI is InChI=1S/C17H17N5S/c18-16-19-13-6-5-10(9-14(13)23-16)15-11-3-1-4-12(11)20-17(21-15)22-7-2-8-22/h5-6,9H,1-4,7-8H2,(H2,18,19). The number of benzene rings is 1. The van der Waals surface area contributed by atoms with Crippen LogP contribution in [0.25, 0.3) is 21.5 Å². The first-order chi connectivity index (χ1) is 11.3. The summed E-state index contributed by atoms with van der Waals surface area (Å²) in [4.78, 5) is 16.3. The van der Waals surface area contributed by atoms with Crippen LogP contribution in [0.4, 0.5) is 11.1 Å². The molecule has 2 aromatic heterocycles. The topological polar surface area (TPSA) is 67.9 Å². The quantitative estimate of drug-likeness (QED) is 0.785. The van der Waals surface area contributed by atoms with Gasteiger partial charge in [-0.1, -0.05) is 17.4 Å². The first kappa shape index (κ1) is 13.2. The summed E-state index contributed by atoms with van der Waals surface area (Å²) in [5.74, 6) is 0.899. The van der Waals surface area contributed by atoms with Crippen LogP contribution in [0, 0.1) is 0 Å². The normalized spacial score (nSPS) is 16.6. The van der Waals surface area contributed by atoms with Crippen molar-refractivity contribution in [1.82, 2.24) is 15.0 Å². The molecule has 1 fully saturated rings. The molecule has 3 heterocycles. The van der Waals surface area contributed by atoms with Crippen molar-refractivity contribution in [3.63, 3.8) is 0 Å². The van der Waals surface area contributed by atoms with E-state index in [0.29, 0.717) is 5.13 Å². The molecule has 0 atom stereocenters. The fourth-order valence-electron chi connectivity index (χ4n) is 3.41. The number of nitrogen functional groups attached to an aromatic ring is 1. The molecule has 3 aromatic rings. The lowest BCUT2D eigenvalue weighted by atomic mass is 10.0. The van der Waals surface area contributed by atoms with Crippen LogP contribution in [-0.2, 0) is 12.8 Å². The molecule has 23 heavy (non-hydrogen) atoms. The Hall–Kier alpha value is -2.21. The molecule has 0 unspecified atom stereocenters. The molecule has 1 saturated heterocycles. The second kappa shape index (κ2) is 4.89. The van der Waals surface area contributed by atoms with E-state index < -0.39 is 0 Å². The highest BCUT2D eigenvalue weighted by molar-refractivity contribution is 7.22. The molecule has 2 N–H and O–H groups in total. The third-order valence-electron chi connectivity index (χ3n) is 4.74. The molecule has 5 rings (SSSR count). The number of rotatable bonds is 2. The van der Waals surface area contributed by atoms with Gasteiger partial charge in [0, 0.05) is 29.9 Å². The average molecular weight is 323 g/mol. The molecule has 0 spiro atoms. The number of aryl methyl sites for hydroxylation is 1. The van der Waals surface area contributed by atoms with E-state index in [1.165, 1.54) is 35.4 Å². The highest BCUT2D eigenvalue weighted by Crippen LogP contribution is 2.35. The predicted octanol–water partition coefficient (Wildman–Crippen LogP) is 3.03. The van der Waals surface area contributed by atoms with Gasteiger partial charge in [0.2, 0.25) is 5.95 Å². The first-order valence-corrected chi connectivity index (χ1v) is 8.91. The molecule has 5 nitrogen and oxygen atoms in total. The minimum Gasteiger partial charge on any atom is -0.375 e. The van der Waals surface area contributed by atoms with Crippen molar-refractivity contribution in [3.05, 3.63) is 29.5 Å². The highest BCUT2D eigenvalue weighted by Gasteiger charge is 2.24. The fourth-order valence-corrected chi connectivity index (χ4v) is 4.18. The third-order valence-corrected chi connectivity index (χ3v) is 5.59. The van der Waals surface area contributed by atoms with E-state index in [1.807, 2.05) is 6.07 Å². The lowest BCUT2D eigenvalue weighted by Crippen LogP contribution is -2.38. The number of nitrogens with zero attached hydrogens (tertiary/aromatic N) is 4. The Morgan fingerprint density at radius 2 is 1.96 bits per heavy atom. The summed E-state index contributed by atoms with van der Waals surface area (Å²) in [5.41, 5.74) is 11.6. The van der Waals surface area contributed by atoms with E-state index in [0.717, 1.165) is 53.4 Å². The van der Waals surface area contributed by atoms with Crippen LogP contribution in [0.2, 0.25) is 0 Å². The summed E-state index contributed by atoms with van der Waals surface area (Å²) in [7, 11) is 0. The maximum absolute atomic E-state index is 5.83. The van der Waals surface area contributed by atoms with Crippen molar-refractivity contribution in [1.29, 1.82) is 0 Å². The lowest BCUT2D eigenvalue weighted by Gasteiger charge is -2.31. The van der Waals surface area contributed by atoms with Crippen LogP contribution in [0.5, 0.6) is 0 Å². The Bertz CT molecular complexity index is 913. The SMILES string of the molecule is Nc1nc2ccc(-c3nc(N4CCC4)nc4c3CCC4)cc2s1. The van der Waals surface area contributed by atoms with Gasteiger partial charge >= 0.3 is 0 Å². The van der Waals surface area contributed by atoms with Gasteiger partial charge in [-0.05, 0) is 37.8 Å². The van der Waals surface area contributed by atoms with Crippen LogP contribution >= 0.6 is 11.3 Å². The average Bonchev–Trinajstić information content (AvgIpc) is 3.08. The number of nitrogens with two attached hydrogens (primary N) is 1. The Morgan fingerprint density at radius 1 is 1.04 bits per heavy atom. The highest BCUT2D eigenvalue weighted by atomic mass is 32.1. The van der Waals surface area contributed by atoms with Gasteiger partial charge in [0.25, 0.3) is 0 Å². The summed E-state index contributed by atoms with van der Waals surface area (Å²) in [6.45, 7) is 2.14. The number of anilines is 2. The molecule has 1 aliphatic heterocycles. The molecular weight excluding hydrogens is 306 g/mol. The summed E-state index contributed by atoms with van der Waals surface area (Å²) in [6, 6.07) is 6.33. The molecule has 1 aliphatic carbocycles. The van der Waals surface area contributed by atoms with Crippen LogP contribution in [0.3, 0.4) is 0 Å². The van der Waals surface area contributed by atoms with Crippen molar-refractivity contribution in [2.75, 3.05) is 23.7 Å². The zero-order valence-electron chi connectivity index (χ0n) is 12.7. The maximum Gasteiger partial charge on any atom is 0.226 e. The summed E-state index contributed by atoms with van der Waals surface area (Å²) in [6.07, 6.45) is 4.56. The number of hydrogen-bond acceptors (Lipinski definition) is 6. The van der Waals surface area contributed by atoms with E-state index in [2.05, 4.69) is 22.0 Å². The van der Waals surface area contributed by atoms with Crippen molar-refractivity contribution in [3.8, 4) is 11.3 Å². The van der Waals surface area contributed by atoms with Crippen molar-refractivity contribution < 1.29 is 0 Å². The smallest absolute Gasteiger partial charge is 0.226 e. The minimum absolute atomic E-state index is 0.617. The van der Waals surface area contributed by atoms with Crippen molar-refractivity contribution in [2.24, 2.45) is 0 Å². The maximum atomic E-state index is 5.83. The van der Waals surface area contributed by atoms with Gasteiger partial charge in [-0.3, -0.25) is 0 Å². The van der Waals surface area contributed by atoms with Gasteiger partial charge in [-0.15, -0.1) is 0 Å². The van der Waals surface area contributed by atoms with Gasteiger partial charge in [0.15, 0.2) is 5.13 Å². The molecule has 0 radical (unpaired) electrons. The number of hydrogen-bond donors (Lipinski definition) is 1. The largest absolute Gasteiger partial charge is 0.375 e. The molecule has 6 heteroatoms. The first-order valence-electron chi connectivity index (χ1n) is 8.09. The number of fused-ring (bicyclic) bond motifs is 2. The van der Waals surface area contributed by atoms with Crippen LogP contribution in [0.15, 0.2) is 18.2 Å². The van der Waals surface area contributed by atoms with Gasteiger partial charge in [-0.25, -0.2) is 15.0 Å². The fraction of sp³-hybridized carbons (Fsp3) is 0.353. The number of aromatic nitrogens is 3.